The van der Waals surface area contributed by atoms with E-state index < -0.39 is 5.41 Å². The highest BCUT2D eigenvalue weighted by Gasteiger charge is 2.35. The zero-order chi connectivity index (χ0) is 23.0. The summed E-state index contributed by atoms with van der Waals surface area (Å²) in [5, 5.41) is 0. The van der Waals surface area contributed by atoms with Crippen LogP contribution in [0.2, 0.25) is 0 Å². The number of aryl methyl sites for hydroxylation is 1. The molecule has 0 bridgehead atoms. The fraction of sp³-hybridized carbons (Fsp3) is 0.520. The van der Waals surface area contributed by atoms with Gasteiger partial charge in [0, 0.05) is 35.7 Å². The normalized spacial score (nSPS) is 18.7. The molecule has 2 amide bonds. The maximum absolute atomic E-state index is 12.8. The summed E-state index contributed by atoms with van der Waals surface area (Å²) in [6, 6.07) is 7.74. The van der Waals surface area contributed by atoms with Crippen LogP contribution in [0.3, 0.4) is 0 Å². The first-order valence-corrected chi connectivity index (χ1v) is 11.3. The Labute approximate surface area is 189 Å². The standard InChI is InChI=1S/C25H32N4O3/c1-16-20-13-21(30)29(14-17-8-10-19(32-5)11-9-17)23(20)27-22(26-16)18-7-6-12-28(15-18)24(31)25(2,3)4/h8-11,18H,6-7,12-15H2,1-5H3/t18-/m1/s1. The third-order valence-electron chi connectivity index (χ3n) is 6.31. The van der Waals surface area contributed by atoms with Crippen molar-refractivity contribution in [2.24, 2.45) is 5.41 Å². The molecule has 3 heterocycles. The number of hydrogen-bond donors (Lipinski definition) is 0. The largest absolute Gasteiger partial charge is 0.497 e. The molecular weight excluding hydrogens is 404 g/mol. The number of hydrogen-bond acceptors (Lipinski definition) is 5. The molecule has 1 saturated heterocycles. The highest BCUT2D eigenvalue weighted by Crippen LogP contribution is 2.34. The molecule has 1 aromatic heterocycles. The van der Waals surface area contributed by atoms with Gasteiger partial charge in [-0.25, -0.2) is 9.97 Å². The SMILES string of the molecule is COc1ccc(CN2C(=O)Cc3c(C)nc([C@@H]4CCCN(C(=O)C(C)(C)C)C4)nc32)cc1. The van der Waals surface area contributed by atoms with E-state index in [1.54, 1.807) is 12.0 Å². The second-order valence-corrected chi connectivity index (χ2v) is 9.81. The lowest BCUT2D eigenvalue weighted by Crippen LogP contribution is -2.45. The Morgan fingerprint density at radius 1 is 1.19 bits per heavy atom. The van der Waals surface area contributed by atoms with Gasteiger partial charge in [-0.05, 0) is 37.5 Å². The van der Waals surface area contributed by atoms with Gasteiger partial charge in [0.15, 0.2) is 0 Å². The molecule has 1 aromatic carbocycles. The lowest BCUT2D eigenvalue weighted by atomic mass is 9.91. The number of methoxy groups -OCH3 is 1. The summed E-state index contributed by atoms with van der Waals surface area (Å²) in [6.45, 7) is 9.69. The van der Waals surface area contributed by atoms with Crippen molar-refractivity contribution in [2.75, 3.05) is 25.1 Å². The fourth-order valence-corrected chi connectivity index (χ4v) is 4.50. The van der Waals surface area contributed by atoms with Gasteiger partial charge in [-0.2, -0.15) is 0 Å². The minimum atomic E-state index is -0.405. The molecule has 0 saturated carbocycles. The second kappa shape index (κ2) is 8.52. The lowest BCUT2D eigenvalue weighted by molar-refractivity contribution is -0.140. The molecule has 1 atom stereocenters. The Balaban J connectivity index is 1.59. The van der Waals surface area contributed by atoms with Gasteiger partial charge < -0.3 is 9.64 Å². The molecule has 32 heavy (non-hydrogen) atoms. The first-order valence-electron chi connectivity index (χ1n) is 11.3. The van der Waals surface area contributed by atoms with E-state index in [0.717, 1.165) is 47.8 Å². The number of likely N-dealkylation sites (tertiary alicyclic amines) is 1. The number of aromatic nitrogens is 2. The summed E-state index contributed by atoms with van der Waals surface area (Å²) >= 11 is 0. The Kier molecular flexibility index (Phi) is 5.93. The first-order chi connectivity index (χ1) is 15.2. The van der Waals surface area contributed by atoms with Gasteiger partial charge in [0.05, 0.1) is 20.1 Å². The van der Waals surface area contributed by atoms with Crippen molar-refractivity contribution < 1.29 is 14.3 Å². The third kappa shape index (κ3) is 4.33. The topological polar surface area (TPSA) is 75.6 Å². The van der Waals surface area contributed by atoms with Crippen molar-refractivity contribution in [1.29, 1.82) is 0 Å². The maximum atomic E-state index is 12.8. The van der Waals surface area contributed by atoms with Crippen molar-refractivity contribution in [3.63, 3.8) is 0 Å². The Bertz CT molecular complexity index is 1030. The monoisotopic (exact) mass is 436 g/mol. The zero-order valence-electron chi connectivity index (χ0n) is 19.6. The molecule has 0 radical (unpaired) electrons. The van der Waals surface area contributed by atoms with E-state index in [4.69, 9.17) is 14.7 Å². The van der Waals surface area contributed by atoms with Crippen molar-refractivity contribution in [3.05, 3.63) is 46.9 Å². The number of anilines is 1. The van der Waals surface area contributed by atoms with Crippen LogP contribution in [0.1, 0.15) is 62.2 Å². The number of nitrogens with zero attached hydrogens (tertiary/aromatic N) is 4. The Hall–Kier alpha value is -2.96. The minimum Gasteiger partial charge on any atom is -0.497 e. The van der Waals surface area contributed by atoms with Crippen LogP contribution in [0.4, 0.5) is 5.82 Å². The number of amides is 2. The number of piperidine rings is 1. The molecule has 7 heteroatoms. The molecule has 7 nitrogen and oxygen atoms in total. The van der Waals surface area contributed by atoms with Gasteiger partial charge in [0.25, 0.3) is 0 Å². The summed E-state index contributed by atoms with van der Waals surface area (Å²) < 4.78 is 5.23. The first kappa shape index (κ1) is 22.2. The van der Waals surface area contributed by atoms with Crippen LogP contribution >= 0.6 is 0 Å². The van der Waals surface area contributed by atoms with Crippen molar-refractivity contribution in [1.82, 2.24) is 14.9 Å². The van der Waals surface area contributed by atoms with E-state index in [9.17, 15) is 9.59 Å². The Morgan fingerprint density at radius 2 is 1.91 bits per heavy atom. The molecule has 0 N–H and O–H groups in total. The van der Waals surface area contributed by atoms with Crippen LogP contribution in [0.25, 0.3) is 0 Å². The molecule has 2 aromatic rings. The van der Waals surface area contributed by atoms with E-state index in [2.05, 4.69) is 0 Å². The molecule has 2 aliphatic rings. The quantitative estimate of drug-likeness (QED) is 0.732. The van der Waals surface area contributed by atoms with Gasteiger partial charge in [0.1, 0.15) is 17.4 Å². The number of fused-ring (bicyclic) bond motifs is 1. The van der Waals surface area contributed by atoms with Gasteiger partial charge in [-0.15, -0.1) is 0 Å². The fourth-order valence-electron chi connectivity index (χ4n) is 4.50. The average Bonchev–Trinajstić information content (AvgIpc) is 3.09. The molecule has 1 fully saturated rings. The number of ether oxygens (including phenoxy) is 1. The van der Waals surface area contributed by atoms with E-state index in [-0.39, 0.29) is 17.7 Å². The average molecular weight is 437 g/mol. The summed E-state index contributed by atoms with van der Waals surface area (Å²) in [7, 11) is 1.64. The number of benzene rings is 1. The predicted molar refractivity (Wildman–Crippen MR) is 123 cm³/mol. The molecular formula is C25H32N4O3. The molecule has 0 aliphatic carbocycles. The second-order valence-electron chi connectivity index (χ2n) is 9.81. The van der Waals surface area contributed by atoms with Gasteiger partial charge in [-0.1, -0.05) is 32.9 Å². The van der Waals surface area contributed by atoms with Crippen LogP contribution in [-0.4, -0.2) is 46.9 Å². The van der Waals surface area contributed by atoms with E-state index in [0.29, 0.717) is 25.3 Å². The zero-order valence-corrected chi connectivity index (χ0v) is 19.6. The summed E-state index contributed by atoms with van der Waals surface area (Å²) in [4.78, 5) is 39.0. The van der Waals surface area contributed by atoms with Crippen LogP contribution in [0.15, 0.2) is 24.3 Å². The smallest absolute Gasteiger partial charge is 0.233 e. The van der Waals surface area contributed by atoms with Crippen molar-refractivity contribution >= 4 is 17.6 Å². The lowest BCUT2D eigenvalue weighted by Gasteiger charge is -2.36. The van der Waals surface area contributed by atoms with Gasteiger partial charge >= 0.3 is 0 Å². The summed E-state index contributed by atoms with van der Waals surface area (Å²) in [6.07, 6.45) is 2.20. The summed E-state index contributed by atoms with van der Waals surface area (Å²) in [5.41, 5.74) is 2.38. The summed E-state index contributed by atoms with van der Waals surface area (Å²) in [5.74, 6) is 2.52. The van der Waals surface area contributed by atoms with Crippen molar-refractivity contribution in [3.8, 4) is 5.75 Å². The van der Waals surface area contributed by atoms with E-state index >= 15 is 0 Å². The minimum absolute atomic E-state index is 0.0403. The van der Waals surface area contributed by atoms with E-state index in [1.165, 1.54) is 0 Å². The van der Waals surface area contributed by atoms with E-state index in [1.807, 2.05) is 56.9 Å². The molecule has 2 aliphatic heterocycles. The molecule has 0 unspecified atom stereocenters. The van der Waals surface area contributed by atoms with Gasteiger partial charge in [0.2, 0.25) is 11.8 Å². The number of carbonyl (C=O) groups is 2. The number of carbonyl (C=O) groups excluding carboxylic acids is 2. The Morgan fingerprint density at radius 3 is 2.56 bits per heavy atom. The maximum Gasteiger partial charge on any atom is 0.233 e. The highest BCUT2D eigenvalue weighted by molar-refractivity contribution is 6.00. The highest BCUT2D eigenvalue weighted by atomic mass is 16.5. The molecule has 170 valence electrons. The van der Waals surface area contributed by atoms with Crippen LogP contribution in [0.5, 0.6) is 5.75 Å². The third-order valence-corrected chi connectivity index (χ3v) is 6.31. The van der Waals surface area contributed by atoms with Crippen molar-refractivity contribution in [2.45, 2.75) is 59.4 Å². The van der Waals surface area contributed by atoms with Crippen LogP contribution < -0.4 is 9.64 Å². The molecule has 0 spiro atoms. The predicted octanol–water partition coefficient (Wildman–Crippen LogP) is 3.64. The van der Waals surface area contributed by atoms with Crippen LogP contribution in [0, 0.1) is 12.3 Å². The molecule has 4 rings (SSSR count). The number of rotatable bonds is 4. The van der Waals surface area contributed by atoms with Crippen LogP contribution in [-0.2, 0) is 22.6 Å². The van der Waals surface area contributed by atoms with Gasteiger partial charge in [-0.3, -0.25) is 14.5 Å².